The van der Waals surface area contributed by atoms with Crippen LogP contribution in [0.2, 0.25) is 5.02 Å². The SMILES string of the molecule is O=C(C(O)C(O)C(O)C(O)CO)N(CCCSc1ccc(Cl)c(COC2(c3cnccc3-c3ccccc3OC3CC3)CC2)c1)C1CCOCC1. The fourth-order valence-corrected chi connectivity index (χ4v) is 7.53. The smallest absolute Gasteiger partial charge is 0.254 e. The van der Waals surface area contributed by atoms with Crippen LogP contribution in [-0.2, 0) is 26.5 Å². The van der Waals surface area contributed by atoms with Gasteiger partial charge in [0.05, 0.1) is 24.9 Å². The average molecular weight is 743 g/mol. The Kier molecular flexibility index (Phi) is 12.9. The predicted molar refractivity (Wildman–Crippen MR) is 192 cm³/mol. The minimum absolute atomic E-state index is 0.202. The third-order valence-electron chi connectivity index (χ3n) is 9.77. The molecule has 1 amide bonds. The molecule has 4 atom stereocenters. The van der Waals surface area contributed by atoms with Crippen molar-refractivity contribution < 1.29 is 44.5 Å². The van der Waals surface area contributed by atoms with E-state index in [1.54, 1.807) is 18.0 Å². The summed E-state index contributed by atoms with van der Waals surface area (Å²) in [5.41, 5.74) is 3.54. The normalized spacial score (nSPS) is 19.6. The summed E-state index contributed by atoms with van der Waals surface area (Å²) in [4.78, 5) is 20.3. The minimum atomic E-state index is -1.96. The van der Waals surface area contributed by atoms with Crippen molar-refractivity contribution in [2.45, 2.75) is 98.6 Å². The van der Waals surface area contributed by atoms with Crippen LogP contribution in [0.3, 0.4) is 0 Å². The highest BCUT2D eigenvalue weighted by Gasteiger charge is 2.48. The molecule has 2 aromatic carbocycles. The Morgan fingerprint density at radius 3 is 2.51 bits per heavy atom. The molecule has 1 aliphatic heterocycles. The van der Waals surface area contributed by atoms with Crippen LogP contribution in [0.25, 0.3) is 11.1 Å². The van der Waals surface area contributed by atoms with Crippen molar-refractivity contribution in [3.8, 4) is 16.9 Å². The third kappa shape index (κ3) is 9.42. The van der Waals surface area contributed by atoms with Crippen LogP contribution in [0, 0.1) is 0 Å². The maximum atomic E-state index is 13.3. The van der Waals surface area contributed by atoms with Crippen molar-refractivity contribution in [2.24, 2.45) is 0 Å². The van der Waals surface area contributed by atoms with Crippen LogP contribution < -0.4 is 4.74 Å². The maximum absolute atomic E-state index is 13.3. The Morgan fingerprint density at radius 2 is 1.78 bits per heavy atom. The van der Waals surface area contributed by atoms with Crippen molar-refractivity contribution in [3.05, 3.63) is 77.1 Å². The van der Waals surface area contributed by atoms with E-state index in [-0.39, 0.29) is 12.1 Å². The largest absolute Gasteiger partial charge is 0.490 e. The fraction of sp³-hybridized carbons (Fsp3) is 0.526. The summed E-state index contributed by atoms with van der Waals surface area (Å²) in [7, 11) is 0. The highest BCUT2D eigenvalue weighted by Crippen LogP contribution is 2.53. The summed E-state index contributed by atoms with van der Waals surface area (Å²) in [5.74, 6) is 0.797. The number of benzene rings is 2. The number of ether oxygens (including phenoxy) is 3. The lowest BCUT2D eigenvalue weighted by Crippen LogP contribution is -2.55. The molecule has 13 heteroatoms. The van der Waals surface area contributed by atoms with E-state index in [9.17, 15) is 25.2 Å². The molecule has 0 bridgehead atoms. The van der Waals surface area contributed by atoms with Gasteiger partial charge in [0.2, 0.25) is 0 Å². The lowest BCUT2D eigenvalue weighted by atomic mass is 9.96. The van der Waals surface area contributed by atoms with Crippen molar-refractivity contribution in [3.63, 3.8) is 0 Å². The van der Waals surface area contributed by atoms with Gasteiger partial charge in [-0.2, -0.15) is 0 Å². The topological polar surface area (TPSA) is 162 Å². The Balaban J connectivity index is 1.07. The van der Waals surface area contributed by atoms with Crippen molar-refractivity contribution in [2.75, 3.05) is 32.1 Å². The molecule has 3 aliphatic rings. The zero-order valence-electron chi connectivity index (χ0n) is 28.5. The lowest BCUT2D eigenvalue weighted by Gasteiger charge is -2.37. The van der Waals surface area contributed by atoms with E-state index in [1.165, 1.54) is 4.90 Å². The van der Waals surface area contributed by atoms with Gasteiger partial charge < -0.3 is 44.6 Å². The number of hydrogen-bond acceptors (Lipinski definition) is 11. The number of halogens is 1. The summed E-state index contributed by atoms with van der Waals surface area (Å²) in [6.07, 6.45) is 2.15. The van der Waals surface area contributed by atoms with E-state index in [0.717, 1.165) is 58.6 Å². The number of amides is 1. The quantitative estimate of drug-likeness (QED) is 0.0944. The molecular formula is C38H47ClN2O9S. The summed E-state index contributed by atoms with van der Waals surface area (Å²) in [5, 5.41) is 50.5. The number of hydrogen-bond donors (Lipinski definition) is 5. The first-order chi connectivity index (χ1) is 24.7. The number of para-hydroxylation sites is 1. The van der Waals surface area contributed by atoms with Gasteiger partial charge in [0.25, 0.3) is 5.91 Å². The summed E-state index contributed by atoms with van der Waals surface area (Å²) < 4.78 is 18.4. The summed E-state index contributed by atoms with van der Waals surface area (Å²) >= 11 is 8.27. The molecule has 0 radical (unpaired) electrons. The van der Waals surface area contributed by atoms with Gasteiger partial charge in [-0.05, 0) is 92.2 Å². The van der Waals surface area contributed by atoms with E-state index < -0.39 is 42.5 Å². The number of thioether (sulfide) groups is 1. The van der Waals surface area contributed by atoms with Gasteiger partial charge in [-0.25, -0.2) is 0 Å². The Bertz CT molecular complexity index is 1620. The van der Waals surface area contributed by atoms with Gasteiger partial charge in [0.15, 0.2) is 6.10 Å². The molecule has 51 heavy (non-hydrogen) atoms. The molecule has 11 nitrogen and oxygen atoms in total. The molecule has 1 aromatic heterocycles. The molecule has 2 saturated carbocycles. The van der Waals surface area contributed by atoms with Gasteiger partial charge in [-0.1, -0.05) is 29.8 Å². The monoisotopic (exact) mass is 742 g/mol. The van der Waals surface area contributed by atoms with Crippen molar-refractivity contribution in [1.29, 1.82) is 0 Å². The number of aliphatic hydroxyl groups is 5. The molecule has 4 unspecified atom stereocenters. The van der Waals surface area contributed by atoms with Crippen molar-refractivity contribution in [1.82, 2.24) is 9.88 Å². The number of aliphatic hydroxyl groups excluding tert-OH is 5. The fourth-order valence-electron chi connectivity index (χ4n) is 6.45. The van der Waals surface area contributed by atoms with E-state index in [1.807, 2.05) is 48.7 Å². The van der Waals surface area contributed by atoms with Gasteiger partial charge in [-0.15, -0.1) is 11.8 Å². The number of carbonyl (C=O) groups excluding carboxylic acids is 1. The van der Waals surface area contributed by atoms with Gasteiger partial charge in [-0.3, -0.25) is 9.78 Å². The number of pyridine rings is 1. The maximum Gasteiger partial charge on any atom is 0.254 e. The molecule has 276 valence electrons. The van der Waals surface area contributed by atoms with Crippen molar-refractivity contribution >= 4 is 29.3 Å². The van der Waals surface area contributed by atoms with Gasteiger partial charge in [0, 0.05) is 59.2 Å². The molecule has 2 aliphatic carbocycles. The van der Waals surface area contributed by atoms with Crippen LogP contribution in [0.15, 0.2) is 65.8 Å². The molecule has 6 rings (SSSR count). The molecule has 3 aromatic rings. The zero-order valence-corrected chi connectivity index (χ0v) is 30.1. The molecule has 0 spiro atoms. The zero-order chi connectivity index (χ0) is 36.0. The Hall–Kier alpha value is -2.78. The van der Waals surface area contributed by atoms with Crippen LogP contribution in [0.1, 0.15) is 56.1 Å². The molecular weight excluding hydrogens is 696 g/mol. The minimum Gasteiger partial charge on any atom is -0.490 e. The highest BCUT2D eigenvalue weighted by atomic mass is 35.5. The number of carbonyl (C=O) groups is 1. The molecule has 3 fully saturated rings. The average Bonchev–Trinajstić information content (AvgIpc) is 4.12. The number of rotatable bonds is 18. The van der Waals surface area contributed by atoms with Crippen LogP contribution in [0.5, 0.6) is 5.75 Å². The molecule has 2 heterocycles. The first-order valence-corrected chi connectivity index (χ1v) is 19.0. The standard InChI is InChI=1S/C38H47ClN2O9S/c39-31-9-8-27(51-19-3-16-41(25-11-17-48-18-12-25)37(47)36(46)35(45)34(44)32(43)22-42)20-24(31)23-49-38(13-14-38)30-21-40-15-10-28(30)29-4-1-2-5-33(29)50-26-6-7-26/h1-2,4-5,8-10,15,20-21,25-26,32,34-36,42-46H,3,6-7,11-14,16-19,22-23H2. The Morgan fingerprint density at radius 1 is 1.02 bits per heavy atom. The van der Waals surface area contributed by atoms with Gasteiger partial charge in [0.1, 0.15) is 24.1 Å². The molecule has 5 N–H and O–H groups in total. The third-order valence-corrected chi connectivity index (χ3v) is 11.2. The summed E-state index contributed by atoms with van der Waals surface area (Å²) in [6.45, 7) is 0.748. The number of aromatic nitrogens is 1. The Labute approximate surface area is 307 Å². The summed E-state index contributed by atoms with van der Waals surface area (Å²) in [6, 6.07) is 15.8. The van der Waals surface area contributed by atoms with Crippen LogP contribution in [-0.4, -0.2) is 110 Å². The molecule has 1 saturated heterocycles. The second kappa shape index (κ2) is 17.4. The first kappa shape index (κ1) is 38.0. The van der Waals surface area contributed by atoms with Crippen LogP contribution in [0.4, 0.5) is 0 Å². The van der Waals surface area contributed by atoms with E-state index in [2.05, 4.69) is 11.1 Å². The highest BCUT2D eigenvalue weighted by molar-refractivity contribution is 7.99. The van der Waals surface area contributed by atoms with Gasteiger partial charge >= 0.3 is 0 Å². The first-order valence-electron chi connectivity index (χ1n) is 17.7. The van der Waals surface area contributed by atoms with E-state index >= 15 is 0 Å². The predicted octanol–water partition coefficient (Wildman–Crippen LogP) is 4.07. The van der Waals surface area contributed by atoms with E-state index in [0.29, 0.717) is 56.4 Å². The number of nitrogens with zero attached hydrogens (tertiary/aromatic N) is 2. The van der Waals surface area contributed by atoms with E-state index in [4.69, 9.17) is 30.9 Å². The lowest BCUT2D eigenvalue weighted by molar-refractivity contribution is -0.162. The van der Waals surface area contributed by atoms with Crippen LogP contribution >= 0.6 is 23.4 Å². The second-order valence-corrected chi connectivity index (χ2v) is 15.1. The second-order valence-electron chi connectivity index (χ2n) is 13.5.